The molecule has 2 nitrogen and oxygen atoms in total. The molecule has 0 aromatic carbocycles. The third-order valence-electron chi connectivity index (χ3n) is 5.00. The van der Waals surface area contributed by atoms with Crippen LogP contribution in [0.25, 0.3) is 0 Å². The van der Waals surface area contributed by atoms with Crippen molar-refractivity contribution < 1.29 is 13.2 Å². The maximum absolute atomic E-state index is 13.1. The van der Waals surface area contributed by atoms with Gasteiger partial charge in [-0.15, -0.1) is 0 Å². The number of piperidine rings is 1. The minimum absolute atomic E-state index is 0.336. The summed E-state index contributed by atoms with van der Waals surface area (Å²) < 4.78 is 39.2. The van der Waals surface area contributed by atoms with E-state index in [2.05, 4.69) is 0 Å². The quantitative estimate of drug-likeness (QED) is 0.839. The number of hydrogen-bond acceptors (Lipinski definition) is 2. The molecule has 1 heterocycles. The van der Waals surface area contributed by atoms with Gasteiger partial charge in [-0.25, -0.2) is 0 Å². The summed E-state index contributed by atoms with van der Waals surface area (Å²) in [6, 6.07) is -2.34. The summed E-state index contributed by atoms with van der Waals surface area (Å²) >= 11 is 0. The average molecular weight is 278 g/mol. The van der Waals surface area contributed by atoms with E-state index in [4.69, 9.17) is 5.73 Å². The van der Waals surface area contributed by atoms with Crippen molar-refractivity contribution in [1.82, 2.24) is 4.90 Å². The maximum Gasteiger partial charge on any atom is 0.405 e. The summed E-state index contributed by atoms with van der Waals surface area (Å²) in [5.74, 6) is 0. The van der Waals surface area contributed by atoms with E-state index < -0.39 is 18.3 Å². The van der Waals surface area contributed by atoms with Crippen molar-refractivity contribution >= 4 is 0 Å². The number of alkyl halides is 3. The number of hydrogen-bond donors (Lipinski definition) is 1. The summed E-state index contributed by atoms with van der Waals surface area (Å²) in [6.45, 7) is 2.56. The number of nitrogens with zero attached hydrogens (tertiary/aromatic N) is 1. The van der Waals surface area contributed by atoms with E-state index in [0.717, 1.165) is 12.8 Å². The van der Waals surface area contributed by atoms with Crippen LogP contribution >= 0.6 is 0 Å². The second-order valence-electron chi connectivity index (χ2n) is 6.44. The standard InChI is InChI=1S/C14H25F3N2/c1-11(18)12(14(15,16)17)19-9-7-13(8-10-19)5-3-2-4-6-13/h11-12H,2-10,18H2,1H3. The zero-order valence-electron chi connectivity index (χ0n) is 11.7. The molecule has 1 aliphatic heterocycles. The number of nitrogens with two attached hydrogens (primary N) is 1. The van der Waals surface area contributed by atoms with Crippen molar-refractivity contribution in [3.8, 4) is 0 Å². The summed E-state index contributed by atoms with van der Waals surface area (Å²) in [4.78, 5) is 1.56. The third kappa shape index (κ3) is 3.43. The predicted octanol–water partition coefficient (Wildman–Crippen LogP) is 3.31. The van der Waals surface area contributed by atoms with Crippen molar-refractivity contribution in [2.75, 3.05) is 13.1 Å². The Morgan fingerprint density at radius 1 is 1.00 bits per heavy atom. The molecule has 2 fully saturated rings. The van der Waals surface area contributed by atoms with Crippen molar-refractivity contribution in [2.24, 2.45) is 11.1 Å². The highest BCUT2D eigenvalue weighted by atomic mass is 19.4. The SMILES string of the molecule is CC(N)C(N1CCC2(CCCCC2)CC1)C(F)(F)F. The molecular weight excluding hydrogens is 253 g/mol. The summed E-state index contributed by atoms with van der Waals surface area (Å²) in [7, 11) is 0. The third-order valence-corrected chi connectivity index (χ3v) is 5.00. The molecule has 0 aromatic rings. The molecule has 2 rings (SSSR count). The summed E-state index contributed by atoms with van der Waals surface area (Å²) in [5, 5.41) is 0. The van der Waals surface area contributed by atoms with Crippen LogP contribution in [-0.2, 0) is 0 Å². The molecule has 1 saturated carbocycles. The first-order valence-corrected chi connectivity index (χ1v) is 7.40. The Hall–Kier alpha value is -0.290. The van der Waals surface area contributed by atoms with Gasteiger partial charge in [-0.3, -0.25) is 4.90 Å². The monoisotopic (exact) mass is 278 g/mol. The Morgan fingerprint density at radius 2 is 1.53 bits per heavy atom. The highest BCUT2D eigenvalue weighted by molar-refractivity contribution is 4.93. The van der Waals surface area contributed by atoms with Crippen molar-refractivity contribution in [3.63, 3.8) is 0 Å². The molecule has 112 valence electrons. The Balaban J connectivity index is 1.98. The Kier molecular flexibility index (Phi) is 4.45. The van der Waals surface area contributed by atoms with Crippen LogP contribution in [0.5, 0.6) is 0 Å². The molecular formula is C14H25F3N2. The fourth-order valence-corrected chi connectivity index (χ4v) is 3.92. The fraction of sp³-hybridized carbons (Fsp3) is 1.00. The van der Waals surface area contributed by atoms with Crippen molar-refractivity contribution in [3.05, 3.63) is 0 Å². The summed E-state index contributed by atoms with van der Waals surface area (Å²) in [6.07, 6.45) is 3.79. The number of rotatable bonds is 2. The molecule has 0 bridgehead atoms. The van der Waals surface area contributed by atoms with Gasteiger partial charge in [0.05, 0.1) is 0 Å². The number of likely N-dealkylation sites (tertiary alicyclic amines) is 1. The predicted molar refractivity (Wildman–Crippen MR) is 69.8 cm³/mol. The van der Waals surface area contributed by atoms with Crippen LogP contribution in [0.15, 0.2) is 0 Å². The molecule has 1 saturated heterocycles. The van der Waals surface area contributed by atoms with Crippen LogP contribution in [0.4, 0.5) is 13.2 Å². The first kappa shape index (κ1) is 15.1. The molecule has 2 atom stereocenters. The molecule has 0 aromatic heterocycles. The van der Waals surface area contributed by atoms with E-state index in [-0.39, 0.29) is 0 Å². The van der Waals surface area contributed by atoms with E-state index >= 15 is 0 Å². The minimum Gasteiger partial charge on any atom is -0.326 e. The zero-order chi connectivity index (χ0) is 14.1. The molecule has 0 radical (unpaired) electrons. The topological polar surface area (TPSA) is 29.3 Å². The molecule has 2 unspecified atom stereocenters. The molecule has 19 heavy (non-hydrogen) atoms. The van der Waals surface area contributed by atoms with Crippen molar-refractivity contribution in [1.29, 1.82) is 0 Å². The molecule has 1 spiro atoms. The van der Waals surface area contributed by atoms with Gasteiger partial charge in [0.1, 0.15) is 6.04 Å². The lowest BCUT2D eigenvalue weighted by molar-refractivity contribution is -0.194. The Morgan fingerprint density at radius 3 is 1.95 bits per heavy atom. The van der Waals surface area contributed by atoms with Crippen LogP contribution in [0.3, 0.4) is 0 Å². The highest BCUT2D eigenvalue weighted by Crippen LogP contribution is 2.45. The van der Waals surface area contributed by atoms with Crippen LogP contribution < -0.4 is 5.73 Å². The molecule has 2 N–H and O–H groups in total. The second kappa shape index (κ2) is 5.60. The lowest BCUT2D eigenvalue weighted by Gasteiger charge is -2.47. The van der Waals surface area contributed by atoms with Crippen molar-refractivity contribution in [2.45, 2.75) is 70.1 Å². The Bertz CT molecular complexity index is 286. The molecule has 0 amide bonds. The number of halogens is 3. The van der Waals surface area contributed by atoms with Gasteiger partial charge in [0.25, 0.3) is 0 Å². The van der Waals surface area contributed by atoms with E-state index in [1.807, 2.05) is 0 Å². The Labute approximate surface area is 113 Å². The van der Waals surface area contributed by atoms with E-state index in [9.17, 15) is 13.2 Å². The zero-order valence-corrected chi connectivity index (χ0v) is 11.7. The first-order valence-electron chi connectivity index (χ1n) is 7.40. The maximum atomic E-state index is 13.1. The molecule has 1 aliphatic carbocycles. The normalized spacial score (nSPS) is 28.3. The largest absolute Gasteiger partial charge is 0.405 e. The van der Waals surface area contributed by atoms with Gasteiger partial charge in [-0.05, 0) is 51.1 Å². The van der Waals surface area contributed by atoms with Gasteiger partial charge in [-0.1, -0.05) is 19.3 Å². The van der Waals surface area contributed by atoms with Gasteiger partial charge in [0.15, 0.2) is 0 Å². The van der Waals surface area contributed by atoms with Crippen LogP contribution in [0.1, 0.15) is 51.9 Å². The lowest BCUT2D eigenvalue weighted by Crippen LogP contribution is -2.58. The fourth-order valence-electron chi connectivity index (χ4n) is 3.92. The molecule has 5 heteroatoms. The average Bonchev–Trinajstić information content (AvgIpc) is 2.31. The van der Waals surface area contributed by atoms with Crippen LogP contribution in [-0.4, -0.2) is 36.2 Å². The van der Waals surface area contributed by atoms with Crippen LogP contribution in [0, 0.1) is 5.41 Å². The van der Waals surface area contributed by atoms with E-state index in [1.54, 1.807) is 4.90 Å². The minimum atomic E-state index is -4.22. The highest BCUT2D eigenvalue weighted by Gasteiger charge is 2.48. The van der Waals surface area contributed by atoms with Gasteiger partial charge < -0.3 is 5.73 Å². The van der Waals surface area contributed by atoms with Gasteiger partial charge in [-0.2, -0.15) is 13.2 Å². The van der Waals surface area contributed by atoms with Gasteiger partial charge in [0, 0.05) is 6.04 Å². The first-order chi connectivity index (χ1) is 8.84. The van der Waals surface area contributed by atoms with Gasteiger partial charge in [0.2, 0.25) is 0 Å². The molecule has 2 aliphatic rings. The summed E-state index contributed by atoms with van der Waals surface area (Å²) in [5.41, 5.74) is 5.90. The lowest BCUT2D eigenvalue weighted by atomic mass is 9.68. The van der Waals surface area contributed by atoms with E-state index in [0.29, 0.717) is 18.5 Å². The van der Waals surface area contributed by atoms with Crippen LogP contribution in [0.2, 0.25) is 0 Å². The smallest absolute Gasteiger partial charge is 0.326 e. The van der Waals surface area contributed by atoms with E-state index in [1.165, 1.54) is 39.0 Å². The van der Waals surface area contributed by atoms with Gasteiger partial charge >= 0.3 is 6.18 Å². The second-order valence-corrected chi connectivity index (χ2v) is 6.44.